The van der Waals surface area contributed by atoms with E-state index in [1.54, 1.807) is 5.48 Å². The number of rotatable bonds is 10. The van der Waals surface area contributed by atoms with Crippen LogP contribution in [0.2, 0.25) is 0 Å². The van der Waals surface area contributed by atoms with Crippen LogP contribution in [0, 0.1) is 0 Å². The SMILES string of the molecule is CC(C)(O)[C@H](NCCCc1ccc(-c2ccc(CN3CCOCC3)cc2)cc1)C(=O)NO. The number of aryl methyl sites for hydroxylation is 1. The van der Waals surface area contributed by atoms with E-state index in [2.05, 4.69) is 58.7 Å². The number of hydroxylamine groups is 1. The number of amides is 1. The smallest absolute Gasteiger partial charge is 0.263 e. The summed E-state index contributed by atoms with van der Waals surface area (Å²) in [5.41, 5.74) is 5.26. The average molecular weight is 442 g/mol. The summed E-state index contributed by atoms with van der Waals surface area (Å²) in [5, 5.41) is 22.0. The second-order valence-electron chi connectivity index (χ2n) is 8.90. The Bertz CT molecular complexity index is 841. The molecule has 0 saturated carbocycles. The van der Waals surface area contributed by atoms with Gasteiger partial charge in [0.05, 0.1) is 18.8 Å². The van der Waals surface area contributed by atoms with Crippen LogP contribution in [0.3, 0.4) is 0 Å². The van der Waals surface area contributed by atoms with Crippen LogP contribution in [0.5, 0.6) is 0 Å². The number of morpholine rings is 1. The molecule has 2 aromatic rings. The lowest BCUT2D eigenvalue weighted by Gasteiger charge is -2.28. The fourth-order valence-corrected chi connectivity index (χ4v) is 3.95. The molecule has 1 aliphatic rings. The van der Waals surface area contributed by atoms with Gasteiger partial charge >= 0.3 is 0 Å². The summed E-state index contributed by atoms with van der Waals surface area (Å²) in [6.07, 6.45) is 1.66. The lowest BCUT2D eigenvalue weighted by Crippen LogP contribution is -2.55. The van der Waals surface area contributed by atoms with Crippen LogP contribution in [0.1, 0.15) is 31.4 Å². The van der Waals surface area contributed by atoms with Crippen molar-refractivity contribution in [2.45, 2.75) is 44.9 Å². The summed E-state index contributed by atoms with van der Waals surface area (Å²) < 4.78 is 5.41. The minimum Gasteiger partial charge on any atom is -0.388 e. The molecule has 0 bridgehead atoms. The van der Waals surface area contributed by atoms with Gasteiger partial charge in [0.1, 0.15) is 6.04 Å². The van der Waals surface area contributed by atoms with Crippen molar-refractivity contribution in [1.82, 2.24) is 15.7 Å². The number of hydrogen-bond acceptors (Lipinski definition) is 6. The van der Waals surface area contributed by atoms with Crippen LogP contribution in [0.25, 0.3) is 11.1 Å². The predicted octanol–water partition coefficient (Wildman–Crippen LogP) is 2.35. The molecule has 0 radical (unpaired) electrons. The molecule has 1 atom stereocenters. The van der Waals surface area contributed by atoms with Crippen LogP contribution in [-0.4, -0.2) is 65.6 Å². The molecule has 4 N–H and O–H groups in total. The maximum atomic E-state index is 11.7. The highest BCUT2D eigenvalue weighted by Crippen LogP contribution is 2.21. The highest BCUT2D eigenvalue weighted by Gasteiger charge is 2.32. The van der Waals surface area contributed by atoms with Gasteiger partial charge in [-0.1, -0.05) is 48.5 Å². The summed E-state index contributed by atoms with van der Waals surface area (Å²) >= 11 is 0. The van der Waals surface area contributed by atoms with Crippen LogP contribution < -0.4 is 10.8 Å². The zero-order valence-corrected chi connectivity index (χ0v) is 19.0. The van der Waals surface area contributed by atoms with Crippen molar-refractivity contribution in [3.63, 3.8) is 0 Å². The van der Waals surface area contributed by atoms with E-state index < -0.39 is 17.6 Å². The van der Waals surface area contributed by atoms with Crippen LogP contribution >= 0.6 is 0 Å². The normalized spacial score (nSPS) is 16.0. The number of hydrogen-bond donors (Lipinski definition) is 4. The van der Waals surface area contributed by atoms with Gasteiger partial charge in [0, 0.05) is 19.6 Å². The number of nitrogens with one attached hydrogen (secondary N) is 2. The molecule has 0 aliphatic carbocycles. The third-order valence-corrected chi connectivity index (χ3v) is 5.82. The molecule has 174 valence electrons. The molecule has 1 heterocycles. The van der Waals surface area contributed by atoms with Gasteiger partial charge in [-0.25, -0.2) is 5.48 Å². The molecule has 0 unspecified atom stereocenters. The lowest BCUT2D eigenvalue weighted by atomic mass is 9.98. The predicted molar refractivity (Wildman–Crippen MR) is 124 cm³/mol. The van der Waals surface area contributed by atoms with Crippen LogP contribution in [-0.2, 0) is 22.5 Å². The minimum atomic E-state index is -1.27. The lowest BCUT2D eigenvalue weighted by molar-refractivity contribution is -0.137. The average Bonchev–Trinajstić information content (AvgIpc) is 2.79. The topological polar surface area (TPSA) is 94.1 Å². The molecule has 7 heteroatoms. The Morgan fingerprint density at radius 2 is 1.59 bits per heavy atom. The zero-order valence-electron chi connectivity index (χ0n) is 19.0. The van der Waals surface area contributed by atoms with Gasteiger partial charge in [0.2, 0.25) is 0 Å². The zero-order chi connectivity index (χ0) is 23.0. The Labute approximate surface area is 190 Å². The van der Waals surface area contributed by atoms with E-state index in [1.807, 2.05) is 0 Å². The minimum absolute atomic E-state index is 0.550. The van der Waals surface area contributed by atoms with E-state index in [1.165, 1.54) is 36.1 Å². The first-order chi connectivity index (χ1) is 15.4. The Hall–Kier alpha value is -2.29. The Morgan fingerprint density at radius 1 is 1.03 bits per heavy atom. The Kier molecular flexibility index (Phi) is 8.78. The van der Waals surface area contributed by atoms with Gasteiger partial charge in [0.15, 0.2) is 0 Å². The van der Waals surface area contributed by atoms with Crippen molar-refractivity contribution in [1.29, 1.82) is 0 Å². The summed E-state index contributed by atoms with van der Waals surface area (Å²) in [7, 11) is 0. The molecule has 1 saturated heterocycles. The number of benzene rings is 2. The Morgan fingerprint density at radius 3 is 2.12 bits per heavy atom. The van der Waals surface area contributed by atoms with Gasteiger partial charge in [-0.05, 0) is 55.5 Å². The molecule has 1 fully saturated rings. The van der Waals surface area contributed by atoms with E-state index in [0.717, 1.165) is 45.7 Å². The molecule has 1 amide bonds. The fourth-order valence-electron chi connectivity index (χ4n) is 3.95. The van der Waals surface area contributed by atoms with Crippen molar-refractivity contribution in [2.24, 2.45) is 0 Å². The quantitative estimate of drug-likeness (QED) is 0.257. The van der Waals surface area contributed by atoms with Gasteiger partial charge in [-0.2, -0.15) is 0 Å². The molecule has 1 aliphatic heterocycles. The third-order valence-electron chi connectivity index (χ3n) is 5.82. The van der Waals surface area contributed by atoms with Gasteiger partial charge in [-0.15, -0.1) is 0 Å². The largest absolute Gasteiger partial charge is 0.388 e. The maximum absolute atomic E-state index is 11.7. The fraction of sp³-hybridized carbons (Fsp3) is 0.480. The maximum Gasteiger partial charge on any atom is 0.263 e. The van der Waals surface area contributed by atoms with Crippen molar-refractivity contribution in [2.75, 3.05) is 32.8 Å². The van der Waals surface area contributed by atoms with Crippen LogP contribution in [0.15, 0.2) is 48.5 Å². The summed E-state index contributed by atoms with van der Waals surface area (Å²) in [6, 6.07) is 16.4. The monoisotopic (exact) mass is 441 g/mol. The first-order valence-electron chi connectivity index (χ1n) is 11.2. The second-order valence-corrected chi connectivity index (χ2v) is 8.90. The first-order valence-corrected chi connectivity index (χ1v) is 11.2. The molecule has 7 nitrogen and oxygen atoms in total. The summed E-state index contributed by atoms with van der Waals surface area (Å²) in [5.74, 6) is -0.641. The molecule has 32 heavy (non-hydrogen) atoms. The first kappa shape index (κ1) is 24.4. The molecule has 0 aromatic heterocycles. The second kappa shape index (κ2) is 11.5. The molecular formula is C25H35N3O4. The van der Waals surface area contributed by atoms with E-state index in [4.69, 9.17) is 9.94 Å². The van der Waals surface area contributed by atoms with Gasteiger partial charge < -0.3 is 15.2 Å². The number of nitrogens with zero attached hydrogens (tertiary/aromatic N) is 1. The van der Waals surface area contributed by atoms with Crippen molar-refractivity contribution < 1.29 is 19.8 Å². The van der Waals surface area contributed by atoms with Crippen molar-refractivity contribution in [3.8, 4) is 11.1 Å². The highest BCUT2D eigenvalue weighted by atomic mass is 16.5. The van der Waals surface area contributed by atoms with Crippen molar-refractivity contribution in [3.05, 3.63) is 59.7 Å². The number of aliphatic hydroxyl groups is 1. The van der Waals surface area contributed by atoms with E-state index in [-0.39, 0.29) is 0 Å². The summed E-state index contributed by atoms with van der Waals surface area (Å²) in [4.78, 5) is 14.1. The molecule has 3 rings (SSSR count). The Balaban J connectivity index is 1.47. The molecule has 0 spiro atoms. The van der Waals surface area contributed by atoms with E-state index >= 15 is 0 Å². The van der Waals surface area contributed by atoms with E-state index in [9.17, 15) is 9.90 Å². The van der Waals surface area contributed by atoms with Gasteiger partial charge in [-0.3, -0.25) is 14.9 Å². The van der Waals surface area contributed by atoms with Crippen LogP contribution in [0.4, 0.5) is 0 Å². The third kappa shape index (κ3) is 7.12. The summed E-state index contributed by atoms with van der Waals surface area (Å²) in [6.45, 7) is 8.20. The number of ether oxygens (including phenoxy) is 1. The standard InChI is InChI=1S/C25H35N3O4/c1-25(2,30)23(24(29)27-31)26-13-3-4-19-5-9-21(10-6-19)22-11-7-20(8-12-22)18-28-14-16-32-17-15-28/h5-12,23,26,30-31H,3-4,13-18H2,1-2H3,(H,27,29)/t23-/m1/s1. The highest BCUT2D eigenvalue weighted by molar-refractivity contribution is 5.81. The number of carbonyl (C=O) groups is 1. The molecule has 2 aromatic carbocycles. The van der Waals surface area contributed by atoms with Gasteiger partial charge in [0.25, 0.3) is 5.91 Å². The van der Waals surface area contributed by atoms with E-state index in [0.29, 0.717) is 6.54 Å². The molecular weight excluding hydrogens is 406 g/mol. The number of carbonyl (C=O) groups excluding carboxylic acids is 1. The van der Waals surface area contributed by atoms with Crippen molar-refractivity contribution >= 4 is 5.91 Å².